The molecule has 12 heavy (non-hydrogen) atoms. The lowest BCUT2D eigenvalue weighted by Crippen LogP contribution is -2.42. The third-order valence-electron chi connectivity index (χ3n) is 3.37. The van der Waals surface area contributed by atoms with Gasteiger partial charge in [0.1, 0.15) is 0 Å². The van der Waals surface area contributed by atoms with Crippen LogP contribution in [0.1, 0.15) is 33.6 Å². The second-order valence-electron chi connectivity index (χ2n) is 4.37. The molecule has 0 radical (unpaired) electrons. The summed E-state index contributed by atoms with van der Waals surface area (Å²) in [6.07, 6.45) is 7.52. The Kier molecular flexibility index (Phi) is 1.99. The second-order valence-corrected chi connectivity index (χ2v) is 4.37. The molecule has 1 fully saturated rings. The Morgan fingerprint density at radius 3 is 2.67 bits per heavy atom. The third kappa shape index (κ3) is 1.03. The summed E-state index contributed by atoms with van der Waals surface area (Å²) in [6.45, 7) is 6.95. The van der Waals surface area contributed by atoms with Crippen molar-refractivity contribution in [2.45, 2.75) is 51.7 Å². The summed E-state index contributed by atoms with van der Waals surface area (Å²) in [5, 5.41) is 0. The molecule has 1 aliphatic carbocycles. The van der Waals surface area contributed by atoms with E-state index in [9.17, 15) is 0 Å². The van der Waals surface area contributed by atoms with Crippen LogP contribution in [0, 0.1) is 5.92 Å². The van der Waals surface area contributed by atoms with Gasteiger partial charge in [0.05, 0.1) is 0 Å². The van der Waals surface area contributed by atoms with Crippen molar-refractivity contribution in [3.63, 3.8) is 0 Å². The van der Waals surface area contributed by atoms with Crippen LogP contribution >= 0.6 is 0 Å². The van der Waals surface area contributed by atoms with Crippen LogP contribution < -0.4 is 0 Å². The lowest BCUT2D eigenvalue weighted by Gasteiger charge is -2.35. The molecule has 68 valence electrons. The number of hydrogen-bond donors (Lipinski definition) is 0. The number of hydrogen-bond acceptors (Lipinski definition) is 1. The van der Waals surface area contributed by atoms with E-state index in [-0.39, 0.29) is 0 Å². The van der Waals surface area contributed by atoms with Crippen molar-refractivity contribution in [2.75, 3.05) is 0 Å². The maximum absolute atomic E-state index is 2.69. The number of likely N-dealkylation sites (tertiary alicyclic amines) is 1. The van der Waals surface area contributed by atoms with E-state index < -0.39 is 0 Å². The highest BCUT2D eigenvalue weighted by atomic mass is 15.2. The Hall–Kier alpha value is -0.300. The van der Waals surface area contributed by atoms with Crippen LogP contribution in [-0.4, -0.2) is 23.0 Å². The fourth-order valence-corrected chi connectivity index (χ4v) is 2.96. The average molecular weight is 165 g/mol. The van der Waals surface area contributed by atoms with E-state index in [1.165, 1.54) is 12.8 Å². The van der Waals surface area contributed by atoms with E-state index >= 15 is 0 Å². The van der Waals surface area contributed by atoms with Crippen molar-refractivity contribution in [3.05, 3.63) is 12.2 Å². The van der Waals surface area contributed by atoms with Crippen LogP contribution in [0.4, 0.5) is 0 Å². The van der Waals surface area contributed by atoms with E-state index in [0.717, 1.165) is 24.0 Å². The summed E-state index contributed by atoms with van der Waals surface area (Å²) < 4.78 is 0. The van der Waals surface area contributed by atoms with Gasteiger partial charge in [0.2, 0.25) is 0 Å². The van der Waals surface area contributed by atoms with Crippen molar-refractivity contribution in [1.29, 1.82) is 0 Å². The van der Waals surface area contributed by atoms with Gasteiger partial charge in [0.25, 0.3) is 0 Å². The summed E-state index contributed by atoms with van der Waals surface area (Å²) >= 11 is 0. The van der Waals surface area contributed by atoms with Gasteiger partial charge in [0.15, 0.2) is 0 Å². The zero-order valence-corrected chi connectivity index (χ0v) is 8.33. The highest BCUT2D eigenvalue weighted by molar-refractivity contribution is 5.17. The Balaban J connectivity index is 2.17. The Morgan fingerprint density at radius 1 is 1.42 bits per heavy atom. The Labute approximate surface area is 75.4 Å². The quantitative estimate of drug-likeness (QED) is 0.568. The zero-order valence-electron chi connectivity index (χ0n) is 8.33. The van der Waals surface area contributed by atoms with Crippen LogP contribution in [0.3, 0.4) is 0 Å². The molecule has 0 aromatic heterocycles. The van der Waals surface area contributed by atoms with Crippen LogP contribution in [0.15, 0.2) is 12.2 Å². The average Bonchev–Trinajstić information content (AvgIpc) is 2.60. The summed E-state index contributed by atoms with van der Waals surface area (Å²) in [4.78, 5) is 2.69. The first-order valence-electron chi connectivity index (χ1n) is 5.19. The van der Waals surface area contributed by atoms with Crippen LogP contribution in [0.25, 0.3) is 0 Å². The molecule has 1 saturated heterocycles. The van der Waals surface area contributed by atoms with Crippen LogP contribution in [0.5, 0.6) is 0 Å². The smallest absolute Gasteiger partial charge is 0.0290 e. The molecule has 0 spiro atoms. The van der Waals surface area contributed by atoms with Crippen molar-refractivity contribution < 1.29 is 0 Å². The Morgan fingerprint density at radius 2 is 2.17 bits per heavy atom. The van der Waals surface area contributed by atoms with Gasteiger partial charge in [-0.2, -0.15) is 0 Å². The third-order valence-corrected chi connectivity index (χ3v) is 3.37. The second kappa shape index (κ2) is 2.88. The Bertz CT molecular complexity index is 195. The highest BCUT2D eigenvalue weighted by Crippen LogP contribution is 2.39. The predicted octanol–water partition coefficient (Wildman–Crippen LogP) is 2.43. The molecule has 0 aromatic rings. The molecule has 0 N–H and O–H groups in total. The molecule has 1 aliphatic heterocycles. The summed E-state index contributed by atoms with van der Waals surface area (Å²) in [5.74, 6) is 0.863. The molecular weight excluding hydrogens is 146 g/mol. The zero-order chi connectivity index (χ0) is 8.72. The molecule has 0 unspecified atom stereocenters. The molecule has 1 nitrogen and oxygen atoms in total. The van der Waals surface area contributed by atoms with Crippen molar-refractivity contribution >= 4 is 0 Å². The lowest BCUT2D eigenvalue weighted by atomic mass is 9.99. The number of fused-ring (bicyclic) bond motifs is 2. The number of nitrogens with zero attached hydrogens (tertiary/aromatic N) is 1. The maximum atomic E-state index is 2.69. The van der Waals surface area contributed by atoms with Gasteiger partial charge in [-0.25, -0.2) is 0 Å². The van der Waals surface area contributed by atoms with Crippen molar-refractivity contribution in [1.82, 2.24) is 4.90 Å². The standard InChI is InChI=1S/C11H19N/c1-4-11-9-5-6-10(7-9)12(11)8(2)3/h5-6,8-11H,4,7H2,1-3H3/t9-,10+,11+/m0/s1. The fraction of sp³-hybridized carbons (Fsp3) is 0.818. The minimum atomic E-state index is 0.717. The SMILES string of the molecule is CC[C@@H]1[C@H]2C=C[C@H](C2)N1C(C)C. The first kappa shape index (κ1) is 8.31. The van der Waals surface area contributed by atoms with Crippen LogP contribution in [-0.2, 0) is 0 Å². The monoisotopic (exact) mass is 165 g/mol. The molecule has 3 atom stereocenters. The first-order chi connectivity index (χ1) is 5.74. The van der Waals surface area contributed by atoms with Gasteiger partial charge < -0.3 is 0 Å². The molecule has 2 bridgehead atoms. The van der Waals surface area contributed by atoms with E-state index in [1.807, 2.05) is 0 Å². The van der Waals surface area contributed by atoms with Gasteiger partial charge in [0, 0.05) is 18.1 Å². The van der Waals surface area contributed by atoms with E-state index in [0.29, 0.717) is 0 Å². The minimum Gasteiger partial charge on any atom is -0.291 e. The molecule has 2 aliphatic rings. The highest BCUT2D eigenvalue weighted by Gasteiger charge is 2.42. The summed E-state index contributed by atoms with van der Waals surface area (Å²) in [6, 6.07) is 2.31. The van der Waals surface area contributed by atoms with Gasteiger partial charge >= 0.3 is 0 Å². The van der Waals surface area contributed by atoms with E-state index in [2.05, 4.69) is 37.8 Å². The van der Waals surface area contributed by atoms with Gasteiger partial charge in [-0.05, 0) is 32.6 Å². The molecule has 0 amide bonds. The maximum Gasteiger partial charge on any atom is 0.0290 e. The summed E-state index contributed by atoms with van der Waals surface area (Å²) in [5.41, 5.74) is 0. The predicted molar refractivity (Wildman–Crippen MR) is 52.1 cm³/mol. The molecular formula is C11H19N. The van der Waals surface area contributed by atoms with E-state index in [4.69, 9.17) is 0 Å². The molecule has 1 heteroatoms. The largest absolute Gasteiger partial charge is 0.291 e. The minimum absolute atomic E-state index is 0.717. The molecule has 2 rings (SSSR count). The number of rotatable bonds is 2. The molecule has 0 saturated carbocycles. The summed E-state index contributed by atoms with van der Waals surface area (Å²) in [7, 11) is 0. The van der Waals surface area contributed by atoms with Gasteiger partial charge in [-0.1, -0.05) is 19.1 Å². The first-order valence-corrected chi connectivity index (χ1v) is 5.19. The normalized spacial score (nSPS) is 40.2. The lowest BCUT2D eigenvalue weighted by molar-refractivity contribution is 0.151. The van der Waals surface area contributed by atoms with Gasteiger partial charge in [-0.3, -0.25) is 4.90 Å². The molecule has 0 aromatic carbocycles. The fourth-order valence-electron chi connectivity index (χ4n) is 2.96. The van der Waals surface area contributed by atoms with Gasteiger partial charge in [-0.15, -0.1) is 0 Å². The topological polar surface area (TPSA) is 3.24 Å². The molecule has 1 heterocycles. The van der Waals surface area contributed by atoms with Crippen LogP contribution in [0.2, 0.25) is 0 Å². The van der Waals surface area contributed by atoms with E-state index in [1.54, 1.807) is 0 Å². The van der Waals surface area contributed by atoms with Crippen molar-refractivity contribution in [2.24, 2.45) is 5.92 Å². The van der Waals surface area contributed by atoms with Crippen molar-refractivity contribution in [3.8, 4) is 0 Å².